The van der Waals surface area contributed by atoms with E-state index in [0.29, 0.717) is 0 Å². The van der Waals surface area contributed by atoms with Crippen molar-refractivity contribution >= 4 is 11.6 Å². The zero-order chi connectivity index (χ0) is 3.41. The van der Waals surface area contributed by atoms with Gasteiger partial charge >= 0.3 is 0 Å². The maximum atomic E-state index is 7.44. The second-order valence-electron chi connectivity index (χ2n) is 0.238. The van der Waals surface area contributed by atoms with Gasteiger partial charge in [0.05, 0.1) is 5.54 Å². The van der Waals surface area contributed by atoms with Crippen LogP contribution < -0.4 is 0 Å². The molecule has 0 aromatic carbocycles. The van der Waals surface area contributed by atoms with Crippen LogP contribution >= 0.6 is 11.6 Å². The summed E-state index contributed by atoms with van der Waals surface area (Å²) in [5, 5.41) is 7.44. The van der Waals surface area contributed by atoms with Crippen molar-refractivity contribution in [2.24, 2.45) is 0 Å². The van der Waals surface area contributed by atoms with Crippen LogP contribution in [0.1, 0.15) is 0 Å². The molecule has 1 nitrogen and oxygen atoms in total. The second-order valence-corrected chi connectivity index (χ2v) is 0.456. The minimum Gasteiger partial charge on any atom is -0.504 e. The Kier molecular flexibility index (Phi) is 2.71. The molecule has 2 heteroatoms. The maximum Gasteiger partial charge on any atom is 0.169 e. The summed E-state index contributed by atoms with van der Waals surface area (Å²) in [6, 6.07) is 0. The van der Waals surface area contributed by atoms with Gasteiger partial charge in [0.25, 0.3) is 0 Å². The highest BCUT2D eigenvalue weighted by atomic mass is 35.5. The van der Waals surface area contributed by atoms with Crippen LogP contribution in [0.2, 0.25) is 0 Å². The van der Waals surface area contributed by atoms with E-state index in [4.69, 9.17) is 16.7 Å². The van der Waals surface area contributed by atoms with E-state index in [9.17, 15) is 0 Å². The average molecular weight is 77.5 g/mol. The molecular formula is C2H2ClO. The Morgan fingerprint density at radius 1 is 2.00 bits per heavy atom. The molecule has 0 unspecified atom stereocenters. The predicted molar refractivity (Wildman–Crippen MR) is 16.3 cm³/mol. The van der Waals surface area contributed by atoms with Crippen LogP contribution in [0.3, 0.4) is 0 Å². The van der Waals surface area contributed by atoms with Gasteiger partial charge in [0.2, 0.25) is 0 Å². The molecule has 0 aliphatic heterocycles. The topological polar surface area (TPSA) is 20.2 Å². The number of hydrogen-bond donors (Lipinski definition) is 1. The van der Waals surface area contributed by atoms with Gasteiger partial charge in [0, 0.05) is 0 Å². The first-order valence-electron chi connectivity index (χ1n) is 0.730. The lowest BCUT2D eigenvalue weighted by atomic mass is 11.2. The third kappa shape index (κ3) is 1.83. The van der Waals surface area contributed by atoms with Crippen molar-refractivity contribution in [1.82, 2.24) is 0 Å². The lowest BCUT2D eigenvalue weighted by Crippen LogP contribution is -1.35. The van der Waals surface area contributed by atoms with E-state index in [1.165, 1.54) is 0 Å². The van der Waals surface area contributed by atoms with E-state index < -0.39 is 0 Å². The smallest absolute Gasteiger partial charge is 0.169 e. The molecule has 1 N–H and O–H groups in total. The number of rotatable bonds is 0. The van der Waals surface area contributed by atoms with Crippen LogP contribution in [0.15, 0.2) is 5.54 Å². The van der Waals surface area contributed by atoms with Crippen LogP contribution in [0.5, 0.6) is 0 Å². The van der Waals surface area contributed by atoms with Gasteiger partial charge in [0.1, 0.15) is 0 Å². The maximum absolute atomic E-state index is 7.44. The van der Waals surface area contributed by atoms with Crippen LogP contribution in [0.25, 0.3) is 0 Å². The Morgan fingerprint density at radius 2 is 2.25 bits per heavy atom. The number of halogens is 1. The molecule has 0 saturated carbocycles. The van der Waals surface area contributed by atoms with Crippen LogP contribution in [0.4, 0.5) is 0 Å². The minimum atomic E-state index is 0.903. The van der Waals surface area contributed by atoms with Crippen molar-refractivity contribution in [2.45, 2.75) is 0 Å². The quantitative estimate of drug-likeness (QED) is 0.429. The highest BCUT2D eigenvalue weighted by molar-refractivity contribution is 6.24. The highest BCUT2D eigenvalue weighted by Gasteiger charge is 1.41. The summed E-state index contributed by atoms with van der Waals surface area (Å²) in [5.74, 6) is 0. The fraction of sp³-hybridized carbons (Fsp3) is 0. The molecule has 0 spiro atoms. The van der Waals surface area contributed by atoms with E-state index in [1.807, 2.05) is 0 Å². The minimum absolute atomic E-state index is 0.903. The van der Waals surface area contributed by atoms with Crippen molar-refractivity contribution in [1.29, 1.82) is 0 Å². The van der Waals surface area contributed by atoms with Crippen LogP contribution in [-0.2, 0) is 0 Å². The molecule has 0 aliphatic rings. The van der Waals surface area contributed by atoms with Crippen LogP contribution in [-0.4, -0.2) is 5.11 Å². The van der Waals surface area contributed by atoms with E-state index in [0.717, 1.165) is 5.54 Å². The molecule has 0 amide bonds. The molecular weight excluding hydrogens is 75.5 g/mol. The van der Waals surface area contributed by atoms with Gasteiger partial charge in [-0.3, -0.25) is 0 Å². The summed E-state index contributed by atoms with van der Waals surface area (Å²) in [5.41, 5.74) is 0.903. The Balaban J connectivity index is 2.55. The summed E-state index contributed by atoms with van der Waals surface area (Å²) in [4.78, 5) is 0. The first kappa shape index (κ1) is 3.83. The number of aliphatic hydroxyl groups excluding tert-OH is 1. The summed E-state index contributed by atoms with van der Waals surface area (Å²) in [6.07, 6.45) is 1.57. The zero-order valence-corrected chi connectivity index (χ0v) is 2.66. The molecule has 0 heterocycles. The monoisotopic (exact) mass is 77.0 g/mol. The summed E-state index contributed by atoms with van der Waals surface area (Å²) < 4.78 is 0. The van der Waals surface area contributed by atoms with Gasteiger partial charge < -0.3 is 5.11 Å². The highest BCUT2D eigenvalue weighted by Crippen LogP contribution is 1.66. The predicted octanol–water partition coefficient (Wildman–Crippen LogP) is 1.06. The van der Waals surface area contributed by atoms with Crippen molar-refractivity contribution in [2.75, 3.05) is 0 Å². The third-order valence-corrected chi connectivity index (χ3v) is 0.146. The van der Waals surface area contributed by atoms with Gasteiger partial charge in [-0.05, 0) is 0 Å². The van der Waals surface area contributed by atoms with Crippen molar-refractivity contribution in [3.8, 4) is 0 Å². The first-order chi connectivity index (χ1) is 1.91. The molecule has 1 radical (unpaired) electrons. The molecule has 0 aromatic rings. The third-order valence-electron chi connectivity index (χ3n) is 0.0488. The van der Waals surface area contributed by atoms with E-state index in [1.54, 1.807) is 6.26 Å². The lowest BCUT2D eigenvalue weighted by molar-refractivity contribution is 0.443. The molecule has 0 rings (SSSR count). The molecule has 0 aliphatic carbocycles. The molecule has 0 bridgehead atoms. The van der Waals surface area contributed by atoms with Gasteiger partial charge in [-0.2, -0.15) is 0 Å². The largest absolute Gasteiger partial charge is 0.504 e. The van der Waals surface area contributed by atoms with Gasteiger partial charge in [0.15, 0.2) is 6.26 Å². The first-order valence-corrected chi connectivity index (χ1v) is 1.17. The molecule has 0 saturated heterocycles. The summed E-state index contributed by atoms with van der Waals surface area (Å²) >= 11 is 4.70. The van der Waals surface area contributed by atoms with Gasteiger partial charge in [-0.15, -0.1) is 0 Å². The normalized spacial score (nSPS) is 9.25. The zero-order valence-electron chi connectivity index (χ0n) is 1.90. The van der Waals surface area contributed by atoms with E-state index in [-0.39, 0.29) is 0 Å². The van der Waals surface area contributed by atoms with E-state index >= 15 is 0 Å². The SMILES string of the molecule is O[C]=CCl. The standard InChI is InChI=1S/C2H2ClO/c3-1-2-4/h1,4H. The summed E-state index contributed by atoms with van der Waals surface area (Å²) in [7, 11) is 0. The van der Waals surface area contributed by atoms with Crippen molar-refractivity contribution < 1.29 is 5.11 Å². The van der Waals surface area contributed by atoms with Gasteiger partial charge in [-0.25, -0.2) is 0 Å². The van der Waals surface area contributed by atoms with Crippen LogP contribution in [0, 0.1) is 6.26 Å². The Hall–Kier alpha value is -0.170. The summed E-state index contributed by atoms with van der Waals surface area (Å²) in [6.45, 7) is 0. The van der Waals surface area contributed by atoms with Crippen molar-refractivity contribution in [3.05, 3.63) is 11.8 Å². The lowest BCUT2D eigenvalue weighted by Gasteiger charge is -1.48. The molecule has 0 atom stereocenters. The van der Waals surface area contributed by atoms with Gasteiger partial charge in [-0.1, -0.05) is 11.6 Å². The average Bonchev–Trinajstić information content (AvgIpc) is 1.37. The van der Waals surface area contributed by atoms with Crippen molar-refractivity contribution in [3.63, 3.8) is 0 Å². The number of hydrogen-bond acceptors (Lipinski definition) is 1. The Morgan fingerprint density at radius 3 is 2.25 bits per heavy atom. The Labute approximate surface area is 29.5 Å². The Bertz CT molecular complexity index is 21.2. The molecule has 0 aromatic heterocycles. The fourth-order valence-corrected chi connectivity index (χ4v) is 0. The fourth-order valence-electron chi connectivity index (χ4n) is 0. The molecule has 23 valence electrons. The van der Waals surface area contributed by atoms with E-state index in [2.05, 4.69) is 0 Å². The molecule has 4 heavy (non-hydrogen) atoms. The molecule has 0 fully saturated rings. The second kappa shape index (κ2) is 2.83. The number of aliphatic hydroxyl groups is 1.